The van der Waals surface area contributed by atoms with E-state index in [9.17, 15) is 10.2 Å². The number of benzene rings is 5. The van der Waals surface area contributed by atoms with Gasteiger partial charge < -0.3 is 48.1 Å². The highest BCUT2D eigenvalue weighted by atomic mass is 16.8. The minimum atomic E-state index is -2.46. The van der Waals surface area contributed by atoms with Gasteiger partial charge in [-0.2, -0.15) is 0 Å². The predicted octanol–water partition coefficient (Wildman–Crippen LogP) is 6.69. The van der Waals surface area contributed by atoms with Crippen molar-refractivity contribution in [2.75, 3.05) is 19.8 Å². The van der Waals surface area contributed by atoms with Gasteiger partial charge in [-0.15, -0.1) is 0 Å². The van der Waals surface area contributed by atoms with Gasteiger partial charge in [-0.05, 0) is 52.9 Å². The number of hydrogen-bond acceptors (Lipinski definition) is 10. The van der Waals surface area contributed by atoms with Crippen LogP contribution in [0.25, 0.3) is 10.8 Å². The summed E-state index contributed by atoms with van der Waals surface area (Å²) in [6.07, 6.45) is -5.47. The number of hydrogen-bond donors (Lipinski definition) is 2. The smallest absolute Gasteiger partial charge is 0.245 e. The zero-order valence-electron chi connectivity index (χ0n) is 31.3. The summed E-state index contributed by atoms with van der Waals surface area (Å²) in [4.78, 5) is 0. The number of fused-ring (bicyclic) bond motifs is 2. The predicted molar refractivity (Wildman–Crippen MR) is 205 cm³/mol. The van der Waals surface area contributed by atoms with Gasteiger partial charge in [0.25, 0.3) is 0 Å². The molecule has 55 heavy (non-hydrogen) atoms. The Kier molecular flexibility index (Phi) is 13.0. The molecule has 5 aromatic rings. The zero-order chi connectivity index (χ0) is 38.1. The molecule has 2 N–H and O–H groups in total. The molecule has 290 valence electrons. The van der Waals surface area contributed by atoms with Crippen molar-refractivity contribution in [2.24, 2.45) is 0 Å². The molecule has 2 saturated heterocycles. The van der Waals surface area contributed by atoms with Gasteiger partial charge in [0, 0.05) is 0 Å². The maximum Gasteiger partial charge on any atom is 0.245 e. The van der Waals surface area contributed by atoms with E-state index in [0.717, 1.165) is 33.0 Å². The molecule has 0 spiro atoms. The number of ether oxygens (including phenoxy) is 8. The largest absolute Gasteiger partial charge is 0.374 e. The van der Waals surface area contributed by atoms with Crippen LogP contribution in [0, 0.1) is 0 Å². The minimum absolute atomic E-state index is 0.112. The lowest BCUT2D eigenvalue weighted by molar-refractivity contribution is -0.346. The van der Waals surface area contributed by atoms with Crippen LogP contribution in [0.5, 0.6) is 0 Å². The third-order valence-corrected chi connectivity index (χ3v) is 9.82. The van der Waals surface area contributed by atoms with Gasteiger partial charge in [0.2, 0.25) is 12.1 Å². The van der Waals surface area contributed by atoms with E-state index < -0.39 is 48.4 Å². The molecular weight excluding hydrogens is 700 g/mol. The Morgan fingerprint density at radius 1 is 0.618 bits per heavy atom. The summed E-state index contributed by atoms with van der Waals surface area (Å²) < 4.78 is 50.3. The van der Waals surface area contributed by atoms with Crippen molar-refractivity contribution >= 4 is 10.8 Å². The molecule has 0 radical (unpaired) electrons. The molecule has 10 nitrogen and oxygen atoms in total. The Labute approximate surface area is 322 Å². The van der Waals surface area contributed by atoms with Gasteiger partial charge in [-0.25, -0.2) is 0 Å². The number of rotatable bonds is 18. The summed E-state index contributed by atoms with van der Waals surface area (Å²) in [5, 5.41) is 24.9. The van der Waals surface area contributed by atoms with E-state index in [-0.39, 0.29) is 33.0 Å². The van der Waals surface area contributed by atoms with E-state index >= 15 is 0 Å². The molecule has 2 aliphatic rings. The quantitative estimate of drug-likeness (QED) is 0.0940. The fourth-order valence-electron chi connectivity index (χ4n) is 6.87. The van der Waals surface area contributed by atoms with Crippen LogP contribution >= 0.6 is 0 Å². The Morgan fingerprint density at radius 3 is 1.78 bits per heavy atom. The Bertz CT molecular complexity index is 1910. The Hall–Kier alpha value is -4.04. The van der Waals surface area contributed by atoms with E-state index in [1.165, 1.54) is 0 Å². The maximum absolute atomic E-state index is 11.3. The minimum Gasteiger partial charge on any atom is -0.374 e. The van der Waals surface area contributed by atoms with Gasteiger partial charge in [-0.1, -0.05) is 127 Å². The van der Waals surface area contributed by atoms with Crippen LogP contribution in [-0.2, 0) is 64.3 Å². The van der Waals surface area contributed by atoms with Crippen LogP contribution in [-0.4, -0.2) is 78.4 Å². The van der Waals surface area contributed by atoms with Crippen LogP contribution in [0.15, 0.2) is 133 Å². The molecule has 4 unspecified atom stereocenters. The van der Waals surface area contributed by atoms with Crippen LogP contribution in [0.2, 0.25) is 0 Å². The molecule has 0 saturated carbocycles. The first-order valence-electron chi connectivity index (χ1n) is 18.8. The summed E-state index contributed by atoms with van der Waals surface area (Å²) >= 11 is 0. The first kappa shape index (κ1) is 39.2. The average molecular weight is 751 g/mol. The lowest BCUT2D eigenvalue weighted by Gasteiger charge is -2.39. The third-order valence-electron chi connectivity index (χ3n) is 9.82. The summed E-state index contributed by atoms with van der Waals surface area (Å²) in [5.41, 5.74) is 3.92. The van der Waals surface area contributed by atoms with Crippen molar-refractivity contribution in [3.8, 4) is 0 Å². The Morgan fingerprint density at radius 2 is 1.16 bits per heavy atom. The van der Waals surface area contributed by atoms with Crippen LogP contribution in [0.3, 0.4) is 0 Å². The van der Waals surface area contributed by atoms with Crippen molar-refractivity contribution in [3.63, 3.8) is 0 Å². The monoisotopic (exact) mass is 750 g/mol. The highest BCUT2D eigenvalue weighted by Gasteiger charge is 2.60. The van der Waals surface area contributed by atoms with E-state index in [2.05, 4.69) is 30.3 Å². The van der Waals surface area contributed by atoms with Crippen molar-refractivity contribution < 1.29 is 48.1 Å². The van der Waals surface area contributed by atoms with Crippen LogP contribution < -0.4 is 0 Å². The van der Waals surface area contributed by atoms with E-state index in [1.54, 1.807) is 13.8 Å². The fraction of sp³-hybridized carbons (Fsp3) is 0.378. The van der Waals surface area contributed by atoms with E-state index in [1.807, 2.05) is 103 Å². The molecule has 0 aromatic heterocycles. The highest BCUT2D eigenvalue weighted by Crippen LogP contribution is 2.39. The Balaban J connectivity index is 1.16. The summed E-state index contributed by atoms with van der Waals surface area (Å²) in [7, 11) is 0. The molecular formula is C45H50O10. The van der Waals surface area contributed by atoms with Crippen molar-refractivity contribution in [1.82, 2.24) is 0 Å². The fourth-order valence-corrected chi connectivity index (χ4v) is 6.87. The molecule has 0 amide bonds. The van der Waals surface area contributed by atoms with Gasteiger partial charge in [0.15, 0.2) is 5.79 Å². The number of aliphatic hydroxyl groups is 2. The molecule has 0 bridgehead atoms. The van der Waals surface area contributed by atoms with Crippen molar-refractivity contribution in [2.45, 2.75) is 88.7 Å². The van der Waals surface area contributed by atoms with Gasteiger partial charge in [-0.3, -0.25) is 0 Å². The first-order chi connectivity index (χ1) is 26.7. The molecule has 10 heteroatoms. The lowest BCUT2D eigenvalue weighted by Crippen LogP contribution is -2.57. The van der Waals surface area contributed by atoms with Gasteiger partial charge in [0.1, 0.15) is 30.5 Å². The van der Waals surface area contributed by atoms with Crippen LogP contribution in [0.1, 0.15) is 36.1 Å². The maximum atomic E-state index is 11.3. The normalized spacial score (nSPS) is 21.9. The molecule has 2 aliphatic heterocycles. The molecule has 2 fully saturated rings. The lowest BCUT2D eigenvalue weighted by atomic mass is 10.1. The van der Waals surface area contributed by atoms with E-state index in [4.69, 9.17) is 37.9 Å². The van der Waals surface area contributed by atoms with E-state index in [0.29, 0.717) is 13.2 Å². The SMILES string of the molecule is CC1(C)OC[C@H]2O[C@@H](OCC(OCc3ccccc3)C(OCc3ccccc3)C(COCc3ccc4ccccc4c3)OCc3ccccc3)C(O)(O)C2O1. The summed E-state index contributed by atoms with van der Waals surface area (Å²) in [5.74, 6) is -3.48. The first-order valence-corrected chi connectivity index (χ1v) is 18.8. The van der Waals surface area contributed by atoms with Gasteiger partial charge >= 0.3 is 0 Å². The summed E-state index contributed by atoms with van der Waals surface area (Å²) in [6.45, 7) is 4.69. The second-order valence-corrected chi connectivity index (χ2v) is 14.5. The average Bonchev–Trinajstić information content (AvgIpc) is 3.45. The molecule has 5 aromatic carbocycles. The zero-order valence-corrected chi connectivity index (χ0v) is 31.3. The summed E-state index contributed by atoms with van der Waals surface area (Å²) in [6, 6.07) is 44.1. The van der Waals surface area contributed by atoms with Crippen molar-refractivity contribution in [3.05, 3.63) is 156 Å². The third kappa shape index (κ3) is 10.4. The molecule has 2 heterocycles. The van der Waals surface area contributed by atoms with Gasteiger partial charge in [0.05, 0.1) is 46.2 Å². The topological polar surface area (TPSA) is 114 Å². The molecule has 7 rings (SSSR count). The molecule has 6 atom stereocenters. The second kappa shape index (κ2) is 18.3. The van der Waals surface area contributed by atoms with Crippen LogP contribution in [0.4, 0.5) is 0 Å². The molecule has 0 aliphatic carbocycles. The highest BCUT2D eigenvalue weighted by molar-refractivity contribution is 5.82. The second-order valence-electron chi connectivity index (χ2n) is 14.5. The van der Waals surface area contributed by atoms with Crippen molar-refractivity contribution in [1.29, 1.82) is 0 Å². The standard InChI is InChI=1S/C45H50O10/c1-44(2)53-31-40-42(55-44)45(46,47)43(54-40)52-30-39(50-27-33-16-8-4-9-17-33)41(51-28-34-18-10-5-11-19-34)38(49-26-32-14-6-3-7-15-32)29-48-25-35-22-23-36-20-12-13-21-37(36)24-35/h3-24,38-43,46-47H,25-31H2,1-2H3/t38?,39?,40-,41?,42?,43-/m1/s1.